The molecule has 7 nitrogen and oxygen atoms in total. The third-order valence-electron chi connectivity index (χ3n) is 2.13. The highest BCUT2D eigenvalue weighted by Gasteiger charge is 2.08. The number of hydrogen-bond acceptors (Lipinski definition) is 5. The van der Waals surface area contributed by atoms with Crippen LogP contribution in [0, 0.1) is 0 Å². The molecule has 2 aromatic rings. The second kappa shape index (κ2) is 4.88. The molecule has 7 heteroatoms. The van der Waals surface area contributed by atoms with Crippen LogP contribution in [0.2, 0.25) is 0 Å². The van der Waals surface area contributed by atoms with E-state index in [0.29, 0.717) is 23.5 Å². The average Bonchev–Trinajstić information content (AvgIpc) is 2.71. The molecule has 0 radical (unpaired) electrons. The zero-order chi connectivity index (χ0) is 12.3. The van der Waals surface area contributed by atoms with Crippen LogP contribution in [0.3, 0.4) is 0 Å². The van der Waals surface area contributed by atoms with E-state index >= 15 is 0 Å². The summed E-state index contributed by atoms with van der Waals surface area (Å²) in [6, 6.07) is 0. The normalized spacial score (nSPS) is 11.5. The molecule has 0 saturated carbocycles. The summed E-state index contributed by atoms with van der Waals surface area (Å²) in [6.45, 7) is 0.510. The Labute approximate surface area is 98.5 Å². The van der Waals surface area contributed by atoms with Gasteiger partial charge in [0.2, 0.25) is 0 Å². The standard InChI is InChI=1S/C10H14N6O/c1-15(2)6-14-9-8-10(12-5-11-9)16(3-4-17)7-13-8/h5-7,17H,3-4H2,1-2H3. The van der Waals surface area contributed by atoms with E-state index in [0.717, 1.165) is 0 Å². The van der Waals surface area contributed by atoms with Crippen LogP contribution in [0.1, 0.15) is 0 Å². The summed E-state index contributed by atoms with van der Waals surface area (Å²) < 4.78 is 1.77. The van der Waals surface area contributed by atoms with Gasteiger partial charge in [0.15, 0.2) is 17.0 Å². The third kappa shape index (κ3) is 2.39. The fraction of sp³-hybridized carbons (Fsp3) is 0.400. The Balaban J connectivity index is 2.44. The minimum atomic E-state index is 0.0474. The number of rotatable bonds is 4. The van der Waals surface area contributed by atoms with Crippen molar-refractivity contribution in [2.75, 3.05) is 20.7 Å². The topological polar surface area (TPSA) is 79.4 Å². The molecule has 0 unspecified atom stereocenters. The van der Waals surface area contributed by atoms with E-state index in [4.69, 9.17) is 5.11 Å². The lowest BCUT2D eigenvalue weighted by Crippen LogP contribution is -2.07. The lowest BCUT2D eigenvalue weighted by atomic mass is 10.5. The van der Waals surface area contributed by atoms with Crippen molar-refractivity contribution >= 4 is 23.3 Å². The molecule has 0 fully saturated rings. The first-order valence-corrected chi connectivity index (χ1v) is 5.19. The van der Waals surface area contributed by atoms with Crippen molar-refractivity contribution in [3.8, 4) is 0 Å². The number of fused-ring (bicyclic) bond motifs is 1. The number of aliphatic hydroxyl groups is 1. The molecule has 0 atom stereocenters. The Morgan fingerprint density at radius 1 is 1.41 bits per heavy atom. The van der Waals surface area contributed by atoms with Gasteiger partial charge < -0.3 is 14.6 Å². The van der Waals surface area contributed by atoms with Gasteiger partial charge in [0.05, 0.1) is 19.3 Å². The minimum Gasteiger partial charge on any atom is -0.395 e. The molecule has 0 aliphatic carbocycles. The maximum absolute atomic E-state index is 8.91. The zero-order valence-corrected chi connectivity index (χ0v) is 9.78. The fourth-order valence-electron chi connectivity index (χ4n) is 1.40. The quantitative estimate of drug-likeness (QED) is 0.597. The Bertz CT molecular complexity index is 533. The molecule has 1 N–H and O–H groups in total. The van der Waals surface area contributed by atoms with Gasteiger partial charge in [0.25, 0.3) is 0 Å². The van der Waals surface area contributed by atoms with Gasteiger partial charge in [0.1, 0.15) is 6.33 Å². The van der Waals surface area contributed by atoms with Crippen LogP contribution < -0.4 is 0 Å². The van der Waals surface area contributed by atoms with Crippen molar-refractivity contribution in [1.29, 1.82) is 0 Å². The van der Waals surface area contributed by atoms with E-state index < -0.39 is 0 Å². The van der Waals surface area contributed by atoms with Gasteiger partial charge in [-0.15, -0.1) is 0 Å². The van der Waals surface area contributed by atoms with Gasteiger partial charge in [-0.1, -0.05) is 0 Å². The molecule has 0 bridgehead atoms. The van der Waals surface area contributed by atoms with Gasteiger partial charge in [-0.25, -0.2) is 19.9 Å². The Hall–Kier alpha value is -2.02. The average molecular weight is 234 g/mol. The zero-order valence-electron chi connectivity index (χ0n) is 9.78. The van der Waals surface area contributed by atoms with Crippen molar-refractivity contribution in [2.24, 2.45) is 4.99 Å². The first kappa shape index (κ1) is 11.5. The summed E-state index contributed by atoms with van der Waals surface area (Å²) >= 11 is 0. The molecule has 90 valence electrons. The lowest BCUT2D eigenvalue weighted by molar-refractivity contribution is 0.277. The van der Waals surface area contributed by atoms with Crippen LogP contribution in [-0.4, -0.2) is 56.6 Å². The molecule has 0 spiro atoms. The molecular formula is C10H14N6O. The van der Waals surface area contributed by atoms with Crippen LogP contribution in [0.4, 0.5) is 5.82 Å². The van der Waals surface area contributed by atoms with E-state index in [1.54, 1.807) is 17.2 Å². The van der Waals surface area contributed by atoms with Crippen LogP contribution in [0.25, 0.3) is 11.2 Å². The molecule has 2 aromatic heterocycles. The minimum absolute atomic E-state index is 0.0474. The summed E-state index contributed by atoms with van der Waals surface area (Å²) in [5.74, 6) is 0.528. The number of hydrogen-bond donors (Lipinski definition) is 1. The predicted octanol–water partition coefficient (Wildman–Crippen LogP) is 0.0400. The summed E-state index contributed by atoms with van der Waals surface area (Å²) in [6.07, 6.45) is 4.73. The maximum Gasteiger partial charge on any atom is 0.184 e. The van der Waals surface area contributed by atoms with E-state index in [-0.39, 0.29) is 6.61 Å². The van der Waals surface area contributed by atoms with Gasteiger partial charge >= 0.3 is 0 Å². The molecule has 0 aliphatic heterocycles. The number of imidazole rings is 1. The molecule has 2 rings (SSSR count). The van der Waals surface area contributed by atoms with Gasteiger partial charge in [-0.2, -0.15) is 0 Å². The van der Waals surface area contributed by atoms with Crippen molar-refractivity contribution in [3.63, 3.8) is 0 Å². The van der Waals surface area contributed by atoms with Crippen LogP contribution in [0.15, 0.2) is 17.6 Å². The maximum atomic E-state index is 8.91. The number of nitrogens with zero attached hydrogens (tertiary/aromatic N) is 6. The number of aliphatic imine (C=N–C) groups is 1. The largest absolute Gasteiger partial charge is 0.395 e. The molecule has 0 aromatic carbocycles. The second-order valence-electron chi connectivity index (χ2n) is 3.74. The molecule has 2 heterocycles. The molecule has 17 heavy (non-hydrogen) atoms. The van der Waals surface area contributed by atoms with Crippen LogP contribution in [0.5, 0.6) is 0 Å². The first-order valence-electron chi connectivity index (χ1n) is 5.19. The highest BCUT2D eigenvalue weighted by molar-refractivity contribution is 5.82. The van der Waals surface area contributed by atoms with Gasteiger partial charge in [0, 0.05) is 20.6 Å². The summed E-state index contributed by atoms with van der Waals surface area (Å²) in [5, 5.41) is 8.91. The van der Waals surface area contributed by atoms with Crippen molar-refractivity contribution in [1.82, 2.24) is 24.4 Å². The molecule has 0 saturated heterocycles. The van der Waals surface area contributed by atoms with Gasteiger partial charge in [-0.05, 0) is 0 Å². The highest BCUT2D eigenvalue weighted by Crippen LogP contribution is 2.19. The lowest BCUT2D eigenvalue weighted by Gasteiger charge is -2.02. The number of aromatic nitrogens is 4. The highest BCUT2D eigenvalue weighted by atomic mass is 16.3. The molecular weight excluding hydrogens is 220 g/mol. The smallest absolute Gasteiger partial charge is 0.184 e. The molecule has 0 amide bonds. The van der Waals surface area contributed by atoms with E-state index in [1.165, 1.54) is 6.33 Å². The first-order chi connectivity index (χ1) is 8.22. The SMILES string of the molecule is CN(C)C=Nc1ncnc2c1ncn2CCO. The van der Waals surface area contributed by atoms with Crippen LogP contribution >= 0.6 is 0 Å². The van der Waals surface area contributed by atoms with Crippen molar-refractivity contribution < 1.29 is 5.11 Å². The third-order valence-corrected chi connectivity index (χ3v) is 2.13. The fourth-order valence-corrected chi connectivity index (χ4v) is 1.40. The predicted molar refractivity (Wildman–Crippen MR) is 64.2 cm³/mol. The van der Waals surface area contributed by atoms with Gasteiger partial charge in [-0.3, -0.25) is 0 Å². The number of aliphatic hydroxyl groups excluding tert-OH is 1. The van der Waals surface area contributed by atoms with Crippen molar-refractivity contribution in [3.05, 3.63) is 12.7 Å². The van der Waals surface area contributed by atoms with Crippen molar-refractivity contribution in [2.45, 2.75) is 6.54 Å². The summed E-state index contributed by atoms with van der Waals surface area (Å²) in [5.41, 5.74) is 1.32. The Kier molecular flexibility index (Phi) is 3.29. The van der Waals surface area contributed by atoms with E-state index in [2.05, 4.69) is 19.9 Å². The summed E-state index contributed by atoms with van der Waals surface area (Å²) in [7, 11) is 3.76. The van der Waals surface area contributed by atoms with E-state index in [1.807, 2.05) is 19.0 Å². The van der Waals surface area contributed by atoms with E-state index in [9.17, 15) is 0 Å². The Morgan fingerprint density at radius 2 is 2.24 bits per heavy atom. The monoisotopic (exact) mass is 234 g/mol. The summed E-state index contributed by atoms with van der Waals surface area (Å²) in [4.78, 5) is 18.5. The Morgan fingerprint density at radius 3 is 2.94 bits per heavy atom. The second-order valence-corrected chi connectivity index (χ2v) is 3.74. The van der Waals surface area contributed by atoms with Crippen LogP contribution in [-0.2, 0) is 6.54 Å². The molecule has 0 aliphatic rings.